The minimum Gasteiger partial charge on any atom is -0.479 e. The van der Waals surface area contributed by atoms with E-state index in [1.165, 1.54) is 13.0 Å². The van der Waals surface area contributed by atoms with Crippen molar-refractivity contribution in [2.45, 2.75) is 13.0 Å². The van der Waals surface area contributed by atoms with E-state index in [0.717, 1.165) is 6.07 Å². The van der Waals surface area contributed by atoms with Gasteiger partial charge in [-0.3, -0.25) is 0 Å². The molecule has 0 saturated heterocycles. The van der Waals surface area contributed by atoms with Gasteiger partial charge in [0.05, 0.1) is 0 Å². The molecule has 0 saturated carbocycles. The largest absolute Gasteiger partial charge is 0.479 e. The van der Waals surface area contributed by atoms with Crippen molar-refractivity contribution in [1.29, 1.82) is 0 Å². The summed E-state index contributed by atoms with van der Waals surface area (Å²) in [5.74, 6) is -2.31. The van der Waals surface area contributed by atoms with Crippen LogP contribution in [0.4, 0.5) is 4.39 Å². The van der Waals surface area contributed by atoms with Crippen molar-refractivity contribution in [2.24, 2.45) is 0 Å². The molecule has 0 aliphatic heterocycles. The maximum Gasteiger partial charge on any atom is 0.337 e. The van der Waals surface area contributed by atoms with Gasteiger partial charge in [0, 0.05) is 10.6 Å². The molecule has 1 unspecified atom stereocenters. The van der Waals surface area contributed by atoms with Gasteiger partial charge in [0.25, 0.3) is 0 Å². The number of benzene rings is 1. The van der Waals surface area contributed by atoms with E-state index in [1.807, 2.05) is 0 Å². The molecule has 0 heterocycles. The summed E-state index contributed by atoms with van der Waals surface area (Å²) in [5, 5.41) is 17.8. The highest BCUT2D eigenvalue weighted by Crippen LogP contribution is 2.25. The second-order valence-corrected chi connectivity index (χ2v) is 3.30. The average molecular weight is 219 g/mol. The van der Waals surface area contributed by atoms with Crippen LogP contribution in [-0.4, -0.2) is 16.2 Å². The zero-order valence-corrected chi connectivity index (χ0v) is 8.05. The number of rotatable bonds is 2. The predicted octanol–water partition coefficient (Wildman–Crippen LogP) is 1.91. The van der Waals surface area contributed by atoms with Crippen molar-refractivity contribution in [3.8, 4) is 0 Å². The Labute approximate surface area is 84.7 Å². The number of halogens is 2. The normalized spacial score (nSPS) is 12.6. The average Bonchev–Trinajstić information content (AvgIpc) is 2.01. The molecule has 1 aromatic carbocycles. The van der Waals surface area contributed by atoms with Gasteiger partial charge in [0.15, 0.2) is 6.10 Å². The van der Waals surface area contributed by atoms with Crippen LogP contribution in [0.15, 0.2) is 12.1 Å². The molecule has 1 aromatic rings. The lowest BCUT2D eigenvalue weighted by Gasteiger charge is -2.10. The topological polar surface area (TPSA) is 57.5 Å². The molecule has 0 amide bonds. The highest BCUT2D eigenvalue weighted by Gasteiger charge is 2.22. The first kappa shape index (κ1) is 10.9. The molecule has 0 bridgehead atoms. The second kappa shape index (κ2) is 3.94. The van der Waals surface area contributed by atoms with E-state index in [9.17, 15) is 9.18 Å². The zero-order chi connectivity index (χ0) is 10.9. The van der Waals surface area contributed by atoms with Crippen LogP contribution in [0, 0.1) is 12.7 Å². The number of aryl methyl sites for hydroxylation is 1. The van der Waals surface area contributed by atoms with Crippen LogP contribution in [-0.2, 0) is 4.79 Å². The third-order valence-electron chi connectivity index (χ3n) is 1.81. The molecule has 1 atom stereocenters. The summed E-state index contributed by atoms with van der Waals surface area (Å²) in [7, 11) is 0. The molecule has 0 aliphatic carbocycles. The fraction of sp³-hybridized carbons (Fsp3) is 0.222. The summed E-state index contributed by atoms with van der Waals surface area (Å²) < 4.78 is 13.2. The maximum atomic E-state index is 13.2. The monoisotopic (exact) mass is 218 g/mol. The summed E-state index contributed by atoms with van der Waals surface area (Å²) in [6, 6.07) is 2.36. The smallest absolute Gasteiger partial charge is 0.337 e. The summed E-state index contributed by atoms with van der Waals surface area (Å²) in [6.07, 6.45) is -1.85. The molecular formula is C9H8ClFO3. The van der Waals surface area contributed by atoms with E-state index < -0.39 is 17.9 Å². The number of carboxylic acids is 1. The molecule has 2 N–H and O–H groups in total. The van der Waals surface area contributed by atoms with E-state index in [4.69, 9.17) is 21.8 Å². The Morgan fingerprint density at radius 1 is 1.57 bits per heavy atom. The van der Waals surface area contributed by atoms with Gasteiger partial charge in [-0.1, -0.05) is 11.6 Å². The maximum absolute atomic E-state index is 13.2. The van der Waals surface area contributed by atoms with Gasteiger partial charge in [-0.05, 0) is 24.6 Å². The SMILES string of the molecule is Cc1cc(Cl)cc(F)c1C(O)C(=O)O. The molecule has 76 valence electrons. The summed E-state index contributed by atoms with van der Waals surface area (Å²) in [6.45, 7) is 1.48. The molecule has 0 radical (unpaired) electrons. The van der Waals surface area contributed by atoms with E-state index in [0.29, 0.717) is 5.56 Å². The molecule has 0 aliphatic rings. The molecule has 0 spiro atoms. The van der Waals surface area contributed by atoms with Gasteiger partial charge in [0.2, 0.25) is 0 Å². The van der Waals surface area contributed by atoms with Gasteiger partial charge in [-0.25, -0.2) is 9.18 Å². The molecule has 5 heteroatoms. The number of aliphatic carboxylic acids is 1. The lowest BCUT2D eigenvalue weighted by molar-refractivity contribution is -0.147. The summed E-state index contributed by atoms with van der Waals surface area (Å²) in [5.41, 5.74) is 0.0619. The molecule has 3 nitrogen and oxygen atoms in total. The summed E-state index contributed by atoms with van der Waals surface area (Å²) in [4.78, 5) is 10.4. The Morgan fingerprint density at radius 2 is 2.14 bits per heavy atom. The van der Waals surface area contributed by atoms with Gasteiger partial charge < -0.3 is 10.2 Å². The predicted molar refractivity (Wildman–Crippen MR) is 48.7 cm³/mol. The van der Waals surface area contributed by atoms with E-state index in [-0.39, 0.29) is 10.6 Å². The highest BCUT2D eigenvalue weighted by atomic mass is 35.5. The third kappa shape index (κ3) is 2.02. The number of hydrogen-bond donors (Lipinski definition) is 2. The fourth-order valence-electron chi connectivity index (χ4n) is 1.18. The molecule has 0 aromatic heterocycles. The zero-order valence-electron chi connectivity index (χ0n) is 7.29. The Morgan fingerprint density at radius 3 is 2.57 bits per heavy atom. The Bertz CT molecular complexity index is 355. The standard InChI is InChI=1S/C9H8ClFO3/c1-4-2-5(10)3-6(11)7(4)8(12)9(13)14/h2-3,8,12H,1H3,(H,13,14). The van der Waals surface area contributed by atoms with Gasteiger partial charge >= 0.3 is 5.97 Å². The van der Waals surface area contributed by atoms with Crippen molar-refractivity contribution >= 4 is 17.6 Å². The lowest BCUT2D eigenvalue weighted by atomic mass is 10.0. The lowest BCUT2D eigenvalue weighted by Crippen LogP contribution is -2.13. The minimum absolute atomic E-state index is 0.168. The molecule has 0 fully saturated rings. The van der Waals surface area contributed by atoms with Gasteiger partial charge in [0.1, 0.15) is 5.82 Å². The Balaban J connectivity index is 3.27. The van der Waals surface area contributed by atoms with Crippen molar-refractivity contribution in [3.05, 3.63) is 34.1 Å². The quantitative estimate of drug-likeness (QED) is 0.797. The van der Waals surface area contributed by atoms with Gasteiger partial charge in [-0.2, -0.15) is 0 Å². The number of aliphatic hydroxyl groups excluding tert-OH is 1. The van der Waals surface area contributed by atoms with Crippen LogP contribution >= 0.6 is 11.6 Å². The fourth-order valence-corrected chi connectivity index (χ4v) is 1.44. The van der Waals surface area contributed by atoms with Crippen LogP contribution in [0.3, 0.4) is 0 Å². The first-order chi connectivity index (χ1) is 6.43. The second-order valence-electron chi connectivity index (χ2n) is 2.86. The third-order valence-corrected chi connectivity index (χ3v) is 2.03. The minimum atomic E-state index is -1.85. The van der Waals surface area contributed by atoms with E-state index >= 15 is 0 Å². The summed E-state index contributed by atoms with van der Waals surface area (Å²) >= 11 is 5.54. The van der Waals surface area contributed by atoms with Crippen molar-refractivity contribution in [2.75, 3.05) is 0 Å². The molecule has 1 rings (SSSR count). The molecule has 14 heavy (non-hydrogen) atoms. The van der Waals surface area contributed by atoms with E-state index in [2.05, 4.69) is 0 Å². The van der Waals surface area contributed by atoms with Crippen LogP contribution in [0.1, 0.15) is 17.2 Å². The van der Waals surface area contributed by atoms with Crippen LogP contribution < -0.4 is 0 Å². The molecular weight excluding hydrogens is 211 g/mol. The Hall–Kier alpha value is -1.13. The number of aliphatic hydroxyl groups is 1. The van der Waals surface area contributed by atoms with Crippen molar-refractivity contribution < 1.29 is 19.4 Å². The number of carboxylic acid groups (broad SMARTS) is 1. The van der Waals surface area contributed by atoms with Gasteiger partial charge in [-0.15, -0.1) is 0 Å². The highest BCUT2D eigenvalue weighted by molar-refractivity contribution is 6.30. The van der Waals surface area contributed by atoms with E-state index in [1.54, 1.807) is 0 Å². The van der Waals surface area contributed by atoms with Crippen molar-refractivity contribution in [3.63, 3.8) is 0 Å². The first-order valence-corrected chi connectivity index (χ1v) is 4.17. The van der Waals surface area contributed by atoms with Crippen LogP contribution in [0.5, 0.6) is 0 Å². The number of hydrogen-bond acceptors (Lipinski definition) is 2. The Kier molecular flexibility index (Phi) is 3.08. The number of carbonyl (C=O) groups is 1. The van der Waals surface area contributed by atoms with Crippen LogP contribution in [0.25, 0.3) is 0 Å². The first-order valence-electron chi connectivity index (χ1n) is 3.80. The van der Waals surface area contributed by atoms with Crippen LogP contribution in [0.2, 0.25) is 5.02 Å². The van der Waals surface area contributed by atoms with Crippen molar-refractivity contribution in [1.82, 2.24) is 0 Å².